The van der Waals surface area contributed by atoms with Gasteiger partial charge in [0.05, 0.1) is 12.3 Å². The Morgan fingerprint density at radius 1 is 1.62 bits per heavy atom. The minimum absolute atomic E-state index is 0.126. The number of hydrogen-bond donors (Lipinski definition) is 1. The van der Waals surface area contributed by atoms with Crippen LogP contribution in [0.5, 0.6) is 0 Å². The molecule has 1 aromatic heterocycles. The summed E-state index contributed by atoms with van der Waals surface area (Å²) in [4.78, 5) is 0. The van der Waals surface area contributed by atoms with Crippen molar-refractivity contribution in [3.8, 4) is 0 Å². The largest absolute Gasteiger partial charge is 0.392 e. The van der Waals surface area contributed by atoms with Crippen molar-refractivity contribution >= 4 is 0 Å². The zero-order chi connectivity index (χ0) is 9.26. The highest BCUT2D eigenvalue weighted by Crippen LogP contribution is 2.36. The van der Waals surface area contributed by atoms with Gasteiger partial charge in [-0.25, -0.2) is 0 Å². The minimum atomic E-state index is -0.126. The van der Waals surface area contributed by atoms with Gasteiger partial charge in [-0.2, -0.15) is 5.10 Å². The van der Waals surface area contributed by atoms with Crippen LogP contribution in [0.4, 0.5) is 0 Å². The molecule has 0 spiro atoms. The van der Waals surface area contributed by atoms with Gasteiger partial charge in [0.1, 0.15) is 0 Å². The average Bonchev–Trinajstić information content (AvgIpc) is 2.51. The fourth-order valence-electron chi connectivity index (χ4n) is 1.79. The summed E-state index contributed by atoms with van der Waals surface area (Å²) in [5, 5.41) is 13.7. The zero-order valence-electron chi connectivity index (χ0n) is 7.98. The third-order valence-electron chi connectivity index (χ3n) is 2.77. The van der Waals surface area contributed by atoms with Crippen molar-refractivity contribution in [1.29, 1.82) is 0 Å². The van der Waals surface area contributed by atoms with Crippen LogP contribution in [0.15, 0.2) is 12.4 Å². The van der Waals surface area contributed by atoms with E-state index in [1.807, 2.05) is 10.9 Å². The lowest BCUT2D eigenvalue weighted by molar-refractivity contribution is 0.0661. The third-order valence-corrected chi connectivity index (χ3v) is 2.77. The topological polar surface area (TPSA) is 38.0 Å². The molecule has 0 bridgehead atoms. The lowest BCUT2D eigenvalue weighted by atomic mass is 9.78. The monoisotopic (exact) mass is 180 g/mol. The lowest BCUT2D eigenvalue weighted by Gasteiger charge is -2.31. The molecule has 0 aliphatic heterocycles. The normalized spacial score (nSPS) is 27.2. The number of aliphatic hydroxyl groups excluding tert-OH is 1. The molecule has 0 amide bonds. The van der Waals surface area contributed by atoms with E-state index >= 15 is 0 Å². The first-order valence-electron chi connectivity index (χ1n) is 5.01. The van der Waals surface area contributed by atoms with Gasteiger partial charge in [-0.3, -0.25) is 4.68 Å². The molecule has 2 rings (SSSR count). The predicted molar refractivity (Wildman–Crippen MR) is 50.5 cm³/mol. The number of aromatic nitrogens is 2. The Bertz CT molecular complexity index is 282. The summed E-state index contributed by atoms with van der Waals surface area (Å²) in [5.41, 5.74) is 1.20. The minimum Gasteiger partial charge on any atom is -0.392 e. The molecule has 0 radical (unpaired) electrons. The van der Waals surface area contributed by atoms with Gasteiger partial charge in [-0.15, -0.1) is 0 Å². The van der Waals surface area contributed by atoms with Gasteiger partial charge >= 0.3 is 0 Å². The highest BCUT2D eigenvalue weighted by atomic mass is 16.3. The standard InChI is InChI=1S/C10H16N2O/c1-2-5-12-7-8(6-11-12)9-3-4-10(9)13/h6-7,9-10,13H,2-5H2,1H3. The summed E-state index contributed by atoms with van der Waals surface area (Å²) in [7, 11) is 0. The summed E-state index contributed by atoms with van der Waals surface area (Å²) in [6.07, 6.45) is 7.00. The maximum absolute atomic E-state index is 9.46. The molecule has 3 heteroatoms. The van der Waals surface area contributed by atoms with Crippen molar-refractivity contribution in [2.75, 3.05) is 0 Å². The van der Waals surface area contributed by atoms with Gasteiger partial charge in [0.15, 0.2) is 0 Å². The smallest absolute Gasteiger partial charge is 0.0610 e. The fourth-order valence-corrected chi connectivity index (χ4v) is 1.79. The number of rotatable bonds is 3. The summed E-state index contributed by atoms with van der Waals surface area (Å²) in [6, 6.07) is 0. The summed E-state index contributed by atoms with van der Waals surface area (Å²) >= 11 is 0. The first-order valence-corrected chi connectivity index (χ1v) is 5.01. The van der Waals surface area contributed by atoms with E-state index in [2.05, 4.69) is 18.2 Å². The van der Waals surface area contributed by atoms with Gasteiger partial charge in [-0.05, 0) is 24.8 Å². The molecule has 72 valence electrons. The van der Waals surface area contributed by atoms with Crippen molar-refractivity contribution < 1.29 is 5.11 Å². The molecule has 1 aromatic rings. The predicted octanol–water partition coefficient (Wildman–Crippen LogP) is 1.53. The molecule has 1 saturated carbocycles. The highest BCUT2D eigenvalue weighted by Gasteiger charge is 2.30. The summed E-state index contributed by atoms with van der Waals surface area (Å²) in [6.45, 7) is 3.11. The van der Waals surface area contributed by atoms with E-state index < -0.39 is 0 Å². The molecule has 13 heavy (non-hydrogen) atoms. The lowest BCUT2D eigenvalue weighted by Crippen LogP contribution is -2.28. The van der Waals surface area contributed by atoms with E-state index in [9.17, 15) is 5.11 Å². The van der Waals surface area contributed by atoms with Crippen molar-refractivity contribution in [2.45, 2.75) is 44.8 Å². The number of nitrogens with zero attached hydrogens (tertiary/aromatic N) is 2. The molecular weight excluding hydrogens is 164 g/mol. The first-order chi connectivity index (χ1) is 6.31. The maximum Gasteiger partial charge on any atom is 0.0610 e. The van der Waals surface area contributed by atoms with Crippen molar-refractivity contribution in [3.63, 3.8) is 0 Å². The summed E-state index contributed by atoms with van der Waals surface area (Å²) in [5.74, 6) is 0.352. The molecule has 2 atom stereocenters. The number of aliphatic hydroxyl groups is 1. The van der Waals surface area contributed by atoms with Crippen LogP contribution < -0.4 is 0 Å². The number of aryl methyl sites for hydroxylation is 1. The van der Waals surface area contributed by atoms with E-state index in [4.69, 9.17) is 0 Å². The van der Waals surface area contributed by atoms with Crippen LogP contribution in [0.25, 0.3) is 0 Å². The molecule has 2 unspecified atom stereocenters. The second-order valence-corrected chi connectivity index (χ2v) is 3.79. The Morgan fingerprint density at radius 3 is 3.00 bits per heavy atom. The van der Waals surface area contributed by atoms with E-state index in [1.54, 1.807) is 0 Å². The second-order valence-electron chi connectivity index (χ2n) is 3.79. The molecule has 1 aliphatic rings. The number of hydrogen-bond acceptors (Lipinski definition) is 2. The van der Waals surface area contributed by atoms with Crippen LogP contribution >= 0.6 is 0 Å². The Morgan fingerprint density at radius 2 is 2.46 bits per heavy atom. The van der Waals surface area contributed by atoms with Crippen molar-refractivity contribution in [2.24, 2.45) is 0 Å². The second kappa shape index (κ2) is 3.50. The van der Waals surface area contributed by atoms with Gasteiger partial charge in [0, 0.05) is 18.7 Å². The fraction of sp³-hybridized carbons (Fsp3) is 0.700. The maximum atomic E-state index is 9.46. The van der Waals surface area contributed by atoms with E-state index in [0.29, 0.717) is 5.92 Å². The SMILES string of the molecule is CCCn1cc(C2CCC2O)cn1. The Hall–Kier alpha value is -0.830. The molecule has 0 aromatic carbocycles. The molecule has 0 saturated heterocycles. The Kier molecular flexibility index (Phi) is 2.36. The van der Waals surface area contributed by atoms with Crippen molar-refractivity contribution in [3.05, 3.63) is 18.0 Å². The van der Waals surface area contributed by atoms with E-state index in [-0.39, 0.29) is 6.10 Å². The highest BCUT2D eigenvalue weighted by molar-refractivity contribution is 5.16. The van der Waals surface area contributed by atoms with Crippen molar-refractivity contribution in [1.82, 2.24) is 9.78 Å². The van der Waals surface area contributed by atoms with Crippen LogP contribution in [0.2, 0.25) is 0 Å². The Labute approximate surface area is 78.4 Å². The molecule has 3 nitrogen and oxygen atoms in total. The van der Waals surface area contributed by atoms with Gasteiger partial charge in [0.25, 0.3) is 0 Å². The van der Waals surface area contributed by atoms with Crippen LogP contribution in [0.1, 0.15) is 37.7 Å². The third kappa shape index (κ3) is 1.61. The molecule has 1 aliphatic carbocycles. The molecule has 1 fully saturated rings. The molecular formula is C10H16N2O. The Balaban J connectivity index is 2.04. The molecule has 1 N–H and O–H groups in total. The van der Waals surface area contributed by atoms with E-state index in [0.717, 1.165) is 25.8 Å². The van der Waals surface area contributed by atoms with E-state index in [1.165, 1.54) is 5.56 Å². The van der Waals surface area contributed by atoms with Crippen LogP contribution in [0.3, 0.4) is 0 Å². The van der Waals surface area contributed by atoms with Gasteiger partial charge in [-0.1, -0.05) is 6.92 Å². The average molecular weight is 180 g/mol. The first kappa shape index (κ1) is 8.75. The van der Waals surface area contributed by atoms with Gasteiger partial charge in [0.2, 0.25) is 0 Å². The zero-order valence-corrected chi connectivity index (χ0v) is 7.98. The van der Waals surface area contributed by atoms with Gasteiger partial charge < -0.3 is 5.11 Å². The molecule has 1 heterocycles. The van der Waals surface area contributed by atoms with Crippen LogP contribution in [-0.2, 0) is 6.54 Å². The quantitative estimate of drug-likeness (QED) is 0.766. The van der Waals surface area contributed by atoms with Crippen LogP contribution in [-0.4, -0.2) is 21.0 Å². The van der Waals surface area contributed by atoms with Crippen LogP contribution in [0, 0.1) is 0 Å². The summed E-state index contributed by atoms with van der Waals surface area (Å²) < 4.78 is 1.96.